The highest BCUT2D eigenvalue weighted by molar-refractivity contribution is 9.10. The van der Waals surface area contributed by atoms with Gasteiger partial charge in [-0.15, -0.1) is 0 Å². The smallest absolute Gasteiger partial charge is 0.305 e. The molecule has 0 aliphatic rings. The maximum atomic E-state index is 11.1. The van der Waals surface area contributed by atoms with Crippen LogP contribution >= 0.6 is 15.9 Å². The number of halogens is 1. The summed E-state index contributed by atoms with van der Waals surface area (Å²) in [6, 6.07) is 5.80. The Morgan fingerprint density at radius 3 is 2.94 bits per heavy atom. The van der Waals surface area contributed by atoms with Crippen LogP contribution in [0.25, 0.3) is 10.9 Å². The summed E-state index contributed by atoms with van der Waals surface area (Å²) in [4.78, 5) is 14.3. The van der Waals surface area contributed by atoms with Crippen molar-refractivity contribution in [2.24, 2.45) is 0 Å². The van der Waals surface area contributed by atoms with Crippen molar-refractivity contribution in [3.63, 3.8) is 0 Å². The highest BCUT2D eigenvalue weighted by atomic mass is 79.9. The van der Waals surface area contributed by atoms with Crippen molar-refractivity contribution in [1.82, 2.24) is 4.98 Å². The van der Waals surface area contributed by atoms with Gasteiger partial charge in [0.15, 0.2) is 0 Å². The Bertz CT molecular complexity index is 563. The van der Waals surface area contributed by atoms with Crippen LogP contribution in [0, 0.1) is 0 Å². The highest BCUT2D eigenvalue weighted by Crippen LogP contribution is 2.27. The van der Waals surface area contributed by atoms with Crippen molar-refractivity contribution in [2.45, 2.75) is 12.8 Å². The molecule has 0 radical (unpaired) electrons. The number of nitrogens with two attached hydrogens (primary N) is 1. The predicted octanol–water partition coefficient (Wildman–Crippen LogP) is 2.62. The second-order valence-electron chi connectivity index (χ2n) is 3.83. The van der Waals surface area contributed by atoms with E-state index in [4.69, 9.17) is 5.73 Å². The molecule has 0 aliphatic heterocycles. The number of nitrogen functional groups attached to an aromatic ring is 1. The topological polar surface area (TPSA) is 68.1 Å². The average molecular weight is 297 g/mol. The average Bonchev–Trinajstić information content (AvgIpc) is 2.69. The number of ether oxygens (including phenoxy) is 1. The minimum Gasteiger partial charge on any atom is -0.469 e. The fourth-order valence-electron chi connectivity index (χ4n) is 1.76. The van der Waals surface area contributed by atoms with Crippen LogP contribution in [0.15, 0.2) is 22.7 Å². The molecule has 0 amide bonds. The van der Waals surface area contributed by atoms with E-state index in [0.29, 0.717) is 12.8 Å². The molecule has 0 fully saturated rings. The van der Waals surface area contributed by atoms with Crippen molar-refractivity contribution < 1.29 is 9.53 Å². The van der Waals surface area contributed by atoms with Gasteiger partial charge in [0.2, 0.25) is 0 Å². The summed E-state index contributed by atoms with van der Waals surface area (Å²) >= 11 is 3.39. The molecule has 0 spiro atoms. The molecule has 2 rings (SSSR count). The number of hydrogen-bond donors (Lipinski definition) is 2. The van der Waals surface area contributed by atoms with Crippen molar-refractivity contribution in [3.8, 4) is 0 Å². The Morgan fingerprint density at radius 1 is 1.47 bits per heavy atom. The number of carbonyl (C=O) groups excluding carboxylic acids is 1. The Labute approximate surface area is 107 Å². The number of esters is 1. The third-order valence-electron chi connectivity index (χ3n) is 2.62. The molecule has 4 nitrogen and oxygen atoms in total. The number of nitrogens with one attached hydrogen (secondary N) is 1. The van der Waals surface area contributed by atoms with E-state index in [-0.39, 0.29) is 5.97 Å². The zero-order chi connectivity index (χ0) is 12.4. The van der Waals surface area contributed by atoms with Crippen LogP contribution in [0.5, 0.6) is 0 Å². The van der Waals surface area contributed by atoms with E-state index in [9.17, 15) is 4.79 Å². The molecule has 90 valence electrons. The number of H-pyrrole nitrogens is 1. The lowest BCUT2D eigenvalue weighted by Gasteiger charge is -1.96. The van der Waals surface area contributed by atoms with Crippen molar-refractivity contribution in [1.29, 1.82) is 0 Å². The molecular weight excluding hydrogens is 284 g/mol. The van der Waals surface area contributed by atoms with Crippen LogP contribution in [0.1, 0.15) is 12.1 Å². The van der Waals surface area contributed by atoms with Gasteiger partial charge < -0.3 is 15.5 Å². The fraction of sp³-hybridized carbons (Fsp3) is 0.250. The molecule has 1 heterocycles. The second-order valence-corrected chi connectivity index (χ2v) is 4.74. The third kappa shape index (κ3) is 2.61. The van der Waals surface area contributed by atoms with Gasteiger partial charge in [0.25, 0.3) is 0 Å². The van der Waals surface area contributed by atoms with E-state index < -0.39 is 0 Å². The largest absolute Gasteiger partial charge is 0.469 e. The molecule has 0 aliphatic carbocycles. The number of aromatic amines is 1. The lowest BCUT2D eigenvalue weighted by Crippen LogP contribution is -2.01. The van der Waals surface area contributed by atoms with E-state index in [0.717, 1.165) is 26.8 Å². The van der Waals surface area contributed by atoms with E-state index in [1.165, 1.54) is 7.11 Å². The Hall–Kier alpha value is -1.49. The standard InChI is InChI=1S/C12H13BrN2O2/c1-17-12(16)3-2-8-6-9-10(14)4-7(13)5-11(9)15-8/h4-6,15H,2-3,14H2,1H3. The second kappa shape index (κ2) is 4.79. The number of aryl methyl sites for hydroxylation is 1. The van der Waals surface area contributed by atoms with Gasteiger partial charge in [0.1, 0.15) is 0 Å². The summed E-state index contributed by atoms with van der Waals surface area (Å²) in [5.41, 5.74) is 8.58. The minimum absolute atomic E-state index is 0.210. The third-order valence-corrected chi connectivity index (χ3v) is 3.07. The van der Waals surface area contributed by atoms with E-state index in [1.807, 2.05) is 18.2 Å². The number of carbonyl (C=O) groups is 1. The zero-order valence-corrected chi connectivity index (χ0v) is 11.0. The summed E-state index contributed by atoms with van der Waals surface area (Å²) < 4.78 is 5.54. The van der Waals surface area contributed by atoms with E-state index in [2.05, 4.69) is 25.7 Å². The minimum atomic E-state index is -0.210. The maximum absolute atomic E-state index is 11.1. The van der Waals surface area contributed by atoms with Crippen LogP contribution in [0.2, 0.25) is 0 Å². The van der Waals surface area contributed by atoms with Crippen molar-refractivity contribution >= 4 is 38.5 Å². The van der Waals surface area contributed by atoms with Gasteiger partial charge in [-0.05, 0) is 24.6 Å². The van der Waals surface area contributed by atoms with Gasteiger partial charge in [-0.25, -0.2) is 0 Å². The molecule has 0 saturated heterocycles. The van der Waals surface area contributed by atoms with Gasteiger partial charge in [0, 0.05) is 26.8 Å². The van der Waals surface area contributed by atoms with Crippen molar-refractivity contribution in [2.75, 3.05) is 12.8 Å². The number of fused-ring (bicyclic) bond motifs is 1. The summed E-state index contributed by atoms with van der Waals surface area (Å²) in [5, 5.41) is 0.980. The van der Waals surface area contributed by atoms with Crippen LogP contribution in [-0.4, -0.2) is 18.1 Å². The first-order valence-electron chi connectivity index (χ1n) is 5.23. The molecule has 0 saturated carbocycles. The van der Waals surface area contributed by atoms with Crippen LogP contribution in [-0.2, 0) is 16.0 Å². The van der Waals surface area contributed by atoms with Gasteiger partial charge in [-0.1, -0.05) is 15.9 Å². The quantitative estimate of drug-likeness (QED) is 0.676. The molecule has 1 aromatic heterocycles. The normalized spacial score (nSPS) is 10.7. The molecule has 0 atom stereocenters. The number of methoxy groups -OCH3 is 1. The maximum Gasteiger partial charge on any atom is 0.305 e. The Morgan fingerprint density at radius 2 is 2.24 bits per heavy atom. The Kier molecular flexibility index (Phi) is 3.38. The highest BCUT2D eigenvalue weighted by Gasteiger charge is 2.07. The van der Waals surface area contributed by atoms with E-state index in [1.54, 1.807) is 0 Å². The number of hydrogen-bond acceptors (Lipinski definition) is 3. The first-order valence-corrected chi connectivity index (χ1v) is 6.03. The molecule has 2 aromatic rings. The first-order chi connectivity index (χ1) is 8.10. The summed E-state index contributed by atoms with van der Waals surface area (Å²) in [6.07, 6.45) is 0.989. The number of aromatic nitrogens is 1. The van der Waals surface area contributed by atoms with Crippen LogP contribution < -0.4 is 5.73 Å². The lowest BCUT2D eigenvalue weighted by molar-refractivity contribution is -0.140. The molecule has 5 heteroatoms. The Balaban J connectivity index is 2.26. The molecule has 1 aromatic carbocycles. The van der Waals surface area contributed by atoms with Crippen LogP contribution in [0.3, 0.4) is 0 Å². The van der Waals surface area contributed by atoms with Gasteiger partial charge in [0.05, 0.1) is 13.5 Å². The van der Waals surface area contributed by atoms with Gasteiger partial charge in [-0.3, -0.25) is 4.79 Å². The molecule has 17 heavy (non-hydrogen) atoms. The number of benzene rings is 1. The monoisotopic (exact) mass is 296 g/mol. The molecule has 0 unspecified atom stereocenters. The molecule has 0 bridgehead atoms. The van der Waals surface area contributed by atoms with Gasteiger partial charge in [-0.2, -0.15) is 0 Å². The first kappa shape index (κ1) is 12.0. The van der Waals surface area contributed by atoms with E-state index >= 15 is 0 Å². The summed E-state index contributed by atoms with van der Waals surface area (Å²) in [7, 11) is 1.39. The molecular formula is C12H13BrN2O2. The fourth-order valence-corrected chi connectivity index (χ4v) is 2.24. The molecule has 3 N–H and O–H groups in total. The predicted molar refractivity (Wildman–Crippen MR) is 70.7 cm³/mol. The number of anilines is 1. The summed E-state index contributed by atoms with van der Waals surface area (Å²) in [5.74, 6) is -0.210. The van der Waals surface area contributed by atoms with Crippen molar-refractivity contribution in [3.05, 3.63) is 28.4 Å². The SMILES string of the molecule is COC(=O)CCc1cc2c(N)cc(Br)cc2[nH]1. The zero-order valence-electron chi connectivity index (χ0n) is 9.42. The lowest BCUT2D eigenvalue weighted by atomic mass is 10.2. The summed E-state index contributed by atoms with van der Waals surface area (Å²) in [6.45, 7) is 0. The number of rotatable bonds is 3. The van der Waals surface area contributed by atoms with Crippen LogP contribution in [0.4, 0.5) is 5.69 Å². The van der Waals surface area contributed by atoms with Gasteiger partial charge >= 0.3 is 5.97 Å².